The fourth-order valence-electron chi connectivity index (χ4n) is 2.60. The highest BCUT2D eigenvalue weighted by Crippen LogP contribution is 2.29. The van der Waals surface area contributed by atoms with E-state index >= 15 is 0 Å². The molecule has 0 bridgehead atoms. The summed E-state index contributed by atoms with van der Waals surface area (Å²) in [5, 5.41) is 6.75. The Morgan fingerprint density at radius 2 is 1.90 bits per heavy atom. The van der Waals surface area contributed by atoms with E-state index in [0.717, 1.165) is 5.75 Å². The van der Waals surface area contributed by atoms with Crippen molar-refractivity contribution in [2.45, 2.75) is 13.0 Å². The van der Waals surface area contributed by atoms with E-state index in [4.69, 9.17) is 18.7 Å². The molecule has 0 aliphatic carbocycles. The Morgan fingerprint density at radius 1 is 1.10 bits per heavy atom. The highest BCUT2D eigenvalue weighted by Gasteiger charge is 2.14. The van der Waals surface area contributed by atoms with Gasteiger partial charge in [0.05, 0.1) is 19.9 Å². The molecule has 2 amide bonds. The minimum absolute atomic E-state index is 0.184. The Kier molecular flexibility index (Phi) is 7.09. The van der Waals surface area contributed by atoms with Gasteiger partial charge in [-0.25, -0.2) is 4.79 Å². The molecular weight excluding hydrogens is 388 g/mol. The van der Waals surface area contributed by atoms with Crippen molar-refractivity contribution in [2.75, 3.05) is 33.1 Å². The second-order valence-corrected chi connectivity index (χ2v) is 6.37. The van der Waals surface area contributed by atoms with Crippen LogP contribution in [0.4, 0.5) is 10.5 Å². The van der Waals surface area contributed by atoms with Gasteiger partial charge in [-0.15, -0.1) is 0 Å². The zero-order valence-corrected chi connectivity index (χ0v) is 17.1. The lowest BCUT2D eigenvalue weighted by atomic mass is 10.2. The molecule has 0 saturated carbocycles. The van der Waals surface area contributed by atoms with Crippen LogP contribution in [-0.2, 0) is 13.0 Å². The summed E-state index contributed by atoms with van der Waals surface area (Å²) in [6.07, 6.45) is 0.438. The van der Waals surface area contributed by atoms with Crippen molar-refractivity contribution in [2.24, 2.45) is 0 Å². The van der Waals surface area contributed by atoms with Crippen molar-refractivity contribution < 1.29 is 23.5 Å². The molecule has 1 aromatic heterocycles. The third-order valence-corrected chi connectivity index (χ3v) is 4.28. The maximum atomic E-state index is 12.5. The van der Waals surface area contributed by atoms with Crippen molar-refractivity contribution in [3.05, 3.63) is 60.2 Å². The molecule has 0 spiro atoms. The molecule has 0 saturated heterocycles. The summed E-state index contributed by atoms with van der Waals surface area (Å²) in [5.74, 6) is 2.76. The van der Waals surface area contributed by atoms with Gasteiger partial charge in [0, 0.05) is 26.1 Å². The molecular formula is C21H24N4O5. The van der Waals surface area contributed by atoms with E-state index in [1.807, 2.05) is 30.3 Å². The molecule has 30 heavy (non-hydrogen) atoms. The fourth-order valence-corrected chi connectivity index (χ4v) is 2.60. The Bertz CT molecular complexity index is 961. The Balaban J connectivity index is 1.50. The number of nitrogens with one attached hydrogen (secondary N) is 1. The second kappa shape index (κ2) is 10.1. The molecule has 0 fully saturated rings. The second-order valence-electron chi connectivity index (χ2n) is 6.37. The van der Waals surface area contributed by atoms with Crippen LogP contribution in [0.2, 0.25) is 0 Å². The SMILES string of the molecule is COc1ccc(OC)c(NC(=O)N(C)CCc2noc(COc3ccccc3)n2)c1. The number of aromatic nitrogens is 2. The van der Waals surface area contributed by atoms with Crippen LogP contribution in [0, 0.1) is 0 Å². The van der Waals surface area contributed by atoms with Crippen molar-refractivity contribution in [1.82, 2.24) is 15.0 Å². The summed E-state index contributed by atoms with van der Waals surface area (Å²) in [6, 6.07) is 14.3. The number of rotatable bonds is 9. The van der Waals surface area contributed by atoms with Crippen LogP contribution in [0.5, 0.6) is 17.2 Å². The van der Waals surface area contributed by atoms with E-state index in [0.29, 0.717) is 41.9 Å². The van der Waals surface area contributed by atoms with E-state index in [1.54, 1.807) is 32.4 Å². The van der Waals surface area contributed by atoms with Crippen LogP contribution in [0.15, 0.2) is 53.1 Å². The third-order valence-electron chi connectivity index (χ3n) is 4.28. The number of carbonyl (C=O) groups is 1. The first-order valence-corrected chi connectivity index (χ1v) is 9.32. The first-order valence-electron chi connectivity index (χ1n) is 9.32. The van der Waals surface area contributed by atoms with Crippen LogP contribution in [0.25, 0.3) is 0 Å². The number of urea groups is 1. The van der Waals surface area contributed by atoms with Gasteiger partial charge in [0.2, 0.25) is 0 Å². The molecule has 158 valence electrons. The van der Waals surface area contributed by atoms with Crippen LogP contribution in [-0.4, -0.2) is 48.9 Å². The van der Waals surface area contributed by atoms with E-state index in [2.05, 4.69) is 15.5 Å². The molecule has 0 aliphatic heterocycles. The normalized spacial score (nSPS) is 10.4. The topological polar surface area (TPSA) is 99.0 Å². The lowest BCUT2D eigenvalue weighted by molar-refractivity contribution is 0.222. The zero-order chi connectivity index (χ0) is 21.3. The minimum atomic E-state index is -0.294. The number of para-hydroxylation sites is 1. The van der Waals surface area contributed by atoms with Gasteiger partial charge in [0.25, 0.3) is 5.89 Å². The number of hydrogen-bond acceptors (Lipinski definition) is 7. The van der Waals surface area contributed by atoms with Crippen LogP contribution in [0.3, 0.4) is 0 Å². The summed E-state index contributed by atoms with van der Waals surface area (Å²) in [7, 11) is 4.78. The number of carbonyl (C=O) groups excluding carboxylic acids is 1. The fraction of sp³-hybridized carbons (Fsp3) is 0.286. The van der Waals surface area contributed by atoms with Crippen molar-refractivity contribution >= 4 is 11.7 Å². The highest BCUT2D eigenvalue weighted by molar-refractivity contribution is 5.91. The third kappa shape index (κ3) is 5.63. The van der Waals surface area contributed by atoms with Crippen LogP contribution in [0.1, 0.15) is 11.7 Å². The van der Waals surface area contributed by atoms with Crippen molar-refractivity contribution in [3.63, 3.8) is 0 Å². The summed E-state index contributed by atoms with van der Waals surface area (Å²) in [4.78, 5) is 18.3. The number of methoxy groups -OCH3 is 2. The van der Waals surface area contributed by atoms with Crippen LogP contribution < -0.4 is 19.5 Å². The first-order chi connectivity index (χ1) is 14.6. The number of hydrogen-bond donors (Lipinski definition) is 1. The lowest BCUT2D eigenvalue weighted by Gasteiger charge is -2.18. The maximum Gasteiger partial charge on any atom is 0.321 e. The summed E-state index contributed by atoms with van der Waals surface area (Å²) < 4.78 is 21.3. The van der Waals surface area contributed by atoms with Gasteiger partial charge in [-0.1, -0.05) is 23.4 Å². The minimum Gasteiger partial charge on any atom is -0.497 e. The number of nitrogens with zero attached hydrogens (tertiary/aromatic N) is 3. The number of benzene rings is 2. The molecule has 0 aliphatic rings. The quantitative estimate of drug-likeness (QED) is 0.575. The van der Waals surface area contributed by atoms with E-state index in [1.165, 1.54) is 12.0 Å². The molecule has 3 aromatic rings. The largest absolute Gasteiger partial charge is 0.497 e. The molecule has 9 heteroatoms. The van der Waals surface area contributed by atoms with Gasteiger partial charge < -0.3 is 29.0 Å². The standard InChI is InChI=1S/C21H24N4O5/c1-25(21(26)22-17-13-16(27-2)9-10-18(17)28-3)12-11-19-23-20(30-24-19)14-29-15-7-5-4-6-8-15/h4-10,13H,11-12,14H2,1-3H3,(H,22,26). The van der Waals surface area contributed by atoms with E-state index in [-0.39, 0.29) is 12.6 Å². The van der Waals surface area contributed by atoms with Crippen molar-refractivity contribution in [1.29, 1.82) is 0 Å². The number of anilines is 1. The van der Waals surface area contributed by atoms with Crippen molar-refractivity contribution in [3.8, 4) is 17.2 Å². The summed E-state index contributed by atoms with van der Waals surface area (Å²) in [6.45, 7) is 0.583. The van der Waals surface area contributed by atoms with E-state index in [9.17, 15) is 4.79 Å². The monoisotopic (exact) mass is 412 g/mol. The summed E-state index contributed by atoms with van der Waals surface area (Å²) >= 11 is 0. The molecule has 0 radical (unpaired) electrons. The average molecular weight is 412 g/mol. The zero-order valence-electron chi connectivity index (χ0n) is 17.1. The molecule has 2 aromatic carbocycles. The molecule has 1 N–H and O–H groups in total. The summed E-state index contributed by atoms with van der Waals surface area (Å²) in [5.41, 5.74) is 0.522. The van der Waals surface area contributed by atoms with Crippen LogP contribution >= 0.6 is 0 Å². The lowest BCUT2D eigenvalue weighted by Crippen LogP contribution is -2.33. The average Bonchev–Trinajstić information content (AvgIpc) is 3.24. The Hall–Kier alpha value is -3.75. The number of ether oxygens (including phenoxy) is 3. The molecule has 9 nitrogen and oxygen atoms in total. The molecule has 0 unspecified atom stereocenters. The molecule has 0 atom stereocenters. The Morgan fingerprint density at radius 3 is 2.63 bits per heavy atom. The smallest absolute Gasteiger partial charge is 0.321 e. The van der Waals surface area contributed by atoms with Gasteiger partial charge in [0.15, 0.2) is 12.4 Å². The number of likely N-dealkylation sites (N-methyl/N-ethyl adjacent to an activating group) is 1. The van der Waals surface area contributed by atoms with Gasteiger partial charge in [-0.2, -0.15) is 4.98 Å². The predicted octanol–water partition coefficient (Wildman–Crippen LogP) is 3.37. The molecule has 3 rings (SSSR count). The Labute approximate surface area is 174 Å². The van der Waals surface area contributed by atoms with E-state index < -0.39 is 0 Å². The van der Waals surface area contributed by atoms with Gasteiger partial charge >= 0.3 is 6.03 Å². The first kappa shape index (κ1) is 21.0. The highest BCUT2D eigenvalue weighted by atomic mass is 16.5. The van der Waals surface area contributed by atoms with Gasteiger partial charge in [0.1, 0.15) is 17.2 Å². The molecule has 1 heterocycles. The van der Waals surface area contributed by atoms with Gasteiger partial charge in [-0.3, -0.25) is 0 Å². The maximum absolute atomic E-state index is 12.5. The predicted molar refractivity (Wildman–Crippen MR) is 110 cm³/mol. The number of amides is 2. The van der Waals surface area contributed by atoms with Gasteiger partial charge in [-0.05, 0) is 24.3 Å².